The summed E-state index contributed by atoms with van der Waals surface area (Å²) in [4.78, 5) is 32.1. The normalized spacial score (nSPS) is 18.4. The molecular weight excluding hydrogens is 391 g/mol. The summed E-state index contributed by atoms with van der Waals surface area (Å²) in [5.74, 6) is -2.17. The molecule has 1 aliphatic heterocycles. The van der Waals surface area contributed by atoms with E-state index in [9.17, 15) is 19.1 Å². The molecule has 1 saturated heterocycles. The number of carbonyl (C=O) groups excluding carboxylic acids is 2. The largest absolute Gasteiger partial charge is 0.507 e. The lowest BCUT2D eigenvalue weighted by molar-refractivity contribution is -0.140. The molecule has 1 aromatic carbocycles. The number of hydrogen-bond donors (Lipinski definition) is 1. The van der Waals surface area contributed by atoms with Crippen molar-refractivity contribution in [1.29, 1.82) is 0 Å². The SMILES string of the molecule is Cc1cc(/C(O)=C2/C(=O)C(=O)N(Cc3cccs3)C2c2ccncc2)ccc1F. The molecule has 1 fully saturated rings. The van der Waals surface area contributed by atoms with Gasteiger partial charge in [-0.25, -0.2) is 4.39 Å². The van der Waals surface area contributed by atoms with Crippen LogP contribution >= 0.6 is 11.3 Å². The van der Waals surface area contributed by atoms with Gasteiger partial charge in [0.05, 0.1) is 18.2 Å². The van der Waals surface area contributed by atoms with Crippen LogP contribution in [0, 0.1) is 12.7 Å². The number of aromatic nitrogens is 1. The van der Waals surface area contributed by atoms with E-state index in [0.717, 1.165) is 4.88 Å². The van der Waals surface area contributed by atoms with Gasteiger partial charge in [0, 0.05) is 22.8 Å². The predicted octanol–water partition coefficient (Wildman–Crippen LogP) is 4.21. The molecule has 146 valence electrons. The molecule has 0 bridgehead atoms. The van der Waals surface area contributed by atoms with E-state index in [1.807, 2.05) is 17.5 Å². The van der Waals surface area contributed by atoms with Gasteiger partial charge in [0.25, 0.3) is 11.7 Å². The number of hydrogen-bond acceptors (Lipinski definition) is 5. The molecule has 0 radical (unpaired) electrons. The summed E-state index contributed by atoms with van der Waals surface area (Å²) in [5.41, 5.74) is 1.28. The number of carbonyl (C=O) groups is 2. The number of ketones is 1. The van der Waals surface area contributed by atoms with Crippen LogP contribution in [0.25, 0.3) is 5.76 Å². The molecule has 0 saturated carbocycles. The highest BCUT2D eigenvalue weighted by Crippen LogP contribution is 2.40. The number of aliphatic hydroxyl groups is 1. The highest BCUT2D eigenvalue weighted by Gasteiger charge is 2.46. The maximum atomic E-state index is 13.7. The van der Waals surface area contributed by atoms with Crippen LogP contribution in [0.15, 0.2) is 65.8 Å². The summed E-state index contributed by atoms with van der Waals surface area (Å²) in [6.07, 6.45) is 3.14. The Bertz CT molecular complexity index is 1110. The molecule has 2 aromatic heterocycles. The fraction of sp³-hybridized carbons (Fsp3) is 0.136. The van der Waals surface area contributed by atoms with Crippen molar-refractivity contribution in [2.45, 2.75) is 19.5 Å². The number of Topliss-reactive ketones (excluding diaryl/α,β-unsaturated/α-hetero) is 1. The van der Waals surface area contributed by atoms with E-state index >= 15 is 0 Å². The van der Waals surface area contributed by atoms with Crippen molar-refractivity contribution in [3.8, 4) is 0 Å². The van der Waals surface area contributed by atoms with Crippen LogP contribution in [-0.2, 0) is 16.1 Å². The Kier molecular flexibility index (Phi) is 4.98. The molecule has 7 heteroatoms. The summed E-state index contributed by atoms with van der Waals surface area (Å²) in [5, 5.41) is 12.8. The maximum absolute atomic E-state index is 13.7. The van der Waals surface area contributed by atoms with E-state index < -0.39 is 23.5 Å². The van der Waals surface area contributed by atoms with Crippen molar-refractivity contribution in [3.63, 3.8) is 0 Å². The van der Waals surface area contributed by atoms with Gasteiger partial charge in [-0.05, 0) is 59.8 Å². The first-order chi connectivity index (χ1) is 14.0. The van der Waals surface area contributed by atoms with Crippen LogP contribution in [0.4, 0.5) is 4.39 Å². The predicted molar refractivity (Wildman–Crippen MR) is 108 cm³/mol. The molecule has 1 unspecified atom stereocenters. The van der Waals surface area contributed by atoms with E-state index in [2.05, 4.69) is 4.98 Å². The number of rotatable bonds is 4. The van der Waals surface area contributed by atoms with Crippen molar-refractivity contribution < 1.29 is 19.1 Å². The van der Waals surface area contributed by atoms with E-state index in [0.29, 0.717) is 11.1 Å². The molecule has 0 aliphatic carbocycles. The second-order valence-corrected chi connectivity index (χ2v) is 7.78. The monoisotopic (exact) mass is 408 g/mol. The Morgan fingerprint density at radius 2 is 1.97 bits per heavy atom. The van der Waals surface area contributed by atoms with Gasteiger partial charge >= 0.3 is 0 Å². The van der Waals surface area contributed by atoms with Gasteiger partial charge in [0.2, 0.25) is 0 Å². The lowest BCUT2D eigenvalue weighted by Gasteiger charge is -2.24. The molecule has 1 atom stereocenters. The van der Waals surface area contributed by atoms with Gasteiger partial charge in [0.1, 0.15) is 11.6 Å². The number of halogens is 1. The number of likely N-dealkylation sites (tertiary alicyclic amines) is 1. The van der Waals surface area contributed by atoms with E-state index in [1.165, 1.54) is 34.4 Å². The van der Waals surface area contributed by atoms with Crippen molar-refractivity contribution >= 4 is 28.8 Å². The van der Waals surface area contributed by atoms with Crippen LogP contribution in [0.1, 0.15) is 27.6 Å². The first-order valence-corrected chi connectivity index (χ1v) is 9.82. The fourth-order valence-corrected chi connectivity index (χ4v) is 4.16. The minimum atomic E-state index is -0.761. The molecule has 0 spiro atoms. The number of benzene rings is 1. The summed E-state index contributed by atoms with van der Waals surface area (Å²) in [7, 11) is 0. The third kappa shape index (κ3) is 3.45. The van der Waals surface area contributed by atoms with E-state index in [4.69, 9.17) is 0 Å². The molecule has 3 heterocycles. The molecule has 29 heavy (non-hydrogen) atoms. The van der Waals surface area contributed by atoms with Crippen molar-refractivity contribution in [1.82, 2.24) is 9.88 Å². The van der Waals surface area contributed by atoms with E-state index in [-0.39, 0.29) is 23.4 Å². The van der Waals surface area contributed by atoms with Crippen molar-refractivity contribution in [2.24, 2.45) is 0 Å². The van der Waals surface area contributed by atoms with Gasteiger partial charge in [-0.15, -0.1) is 11.3 Å². The van der Waals surface area contributed by atoms with Crippen LogP contribution in [0.3, 0.4) is 0 Å². The molecule has 4 rings (SSSR count). The zero-order valence-electron chi connectivity index (χ0n) is 15.5. The van der Waals surface area contributed by atoms with Crippen LogP contribution < -0.4 is 0 Å². The van der Waals surface area contributed by atoms with Crippen LogP contribution in [-0.4, -0.2) is 26.7 Å². The molecule has 1 N–H and O–H groups in total. The van der Waals surface area contributed by atoms with Gasteiger partial charge < -0.3 is 10.0 Å². The molecule has 1 aliphatic rings. The average molecular weight is 408 g/mol. The highest BCUT2D eigenvalue weighted by molar-refractivity contribution is 7.09. The second-order valence-electron chi connectivity index (χ2n) is 6.75. The number of aliphatic hydroxyl groups excluding tert-OH is 1. The van der Waals surface area contributed by atoms with Crippen molar-refractivity contribution in [2.75, 3.05) is 0 Å². The lowest BCUT2D eigenvalue weighted by Crippen LogP contribution is -2.28. The third-order valence-electron chi connectivity index (χ3n) is 4.90. The summed E-state index contributed by atoms with van der Waals surface area (Å²) in [6.45, 7) is 1.82. The Balaban J connectivity index is 1.87. The minimum Gasteiger partial charge on any atom is -0.507 e. The van der Waals surface area contributed by atoms with Gasteiger partial charge in [-0.3, -0.25) is 14.6 Å². The Labute approximate surface area is 170 Å². The maximum Gasteiger partial charge on any atom is 0.295 e. The summed E-state index contributed by atoms with van der Waals surface area (Å²) >= 11 is 1.48. The summed E-state index contributed by atoms with van der Waals surface area (Å²) in [6, 6.07) is 10.5. The van der Waals surface area contributed by atoms with E-state index in [1.54, 1.807) is 31.5 Å². The first kappa shape index (κ1) is 19.0. The number of thiophene rings is 1. The minimum absolute atomic E-state index is 0.0104. The quantitative estimate of drug-likeness (QED) is 0.399. The summed E-state index contributed by atoms with van der Waals surface area (Å²) < 4.78 is 13.7. The number of aryl methyl sites for hydroxylation is 1. The zero-order chi connectivity index (χ0) is 20.5. The molecule has 1 amide bonds. The van der Waals surface area contributed by atoms with Crippen molar-refractivity contribution in [3.05, 3.63) is 93.2 Å². The van der Waals surface area contributed by atoms with Gasteiger partial charge in [-0.2, -0.15) is 0 Å². The standard InChI is InChI=1S/C22H17FN2O3S/c1-13-11-15(4-5-17(13)23)20(26)18-19(14-6-8-24-9-7-14)25(22(28)21(18)27)12-16-3-2-10-29-16/h2-11,19,26H,12H2,1H3/b20-18-. The lowest BCUT2D eigenvalue weighted by atomic mass is 9.95. The molecular formula is C22H17FN2O3S. The topological polar surface area (TPSA) is 70.5 Å². The number of pyridine rings is 1. The molecule has 3 aromatic rings. The second kappa shape index (κ2) is 7.60. The highest BCUT2D eigenvalue weighted by atomic mass is 32.1. The van der Waals surface area contributed by atoms with Crippen LogP contribution in [0.2, 0.25) is 0 Å². The smallest absolute Gasteiger partial charge is 0.295 e. The van der Waals surface area contributed by atoms with Gasteiger partial charge in [0.15, 0.2) is 0 Å². The molecule has 5 nitrogen and oxygen atoms in total. The number of nitrogens with zero attached hydrogens (tertiary/aromatic N) is 2. The zero-order valence-corrected chi connectivity index (χ0v) is 16.3. The van der Waals surface area contributed by atoms with Crippen LogP contribution in [0.5, 0.6) is 0 Å². The average Bonchev–Trinajstić information content (AvgIpc) is 3.32. The third-order valence-corrected chi connectivity index (χ3v) is 5.76. The Hall–Kier alpha value is -3.32. The first-order valence-electron chi connectivity index (χ1n) is 8.94. The number of amides is 1. The van der Waals surface area contributed by atoms with Gasteiger partial charge in [-0.1, -0.05) is 6.07 Å². The Morgan fingerprint density at radius 1 is 1.21 bits per heavy atom. The fourth-order valence-electron chi connectivity index (χ4n) is 3.45. The Morgan fingerprint density at radius 3 is 2.62 bits per heavy atom.